The number of nitro groups is 1. The maximum absolute atomic E-state index is 13.6. The maximum Gasteiger partial charge on any atom is 0.269 e. The minimum atomic E-state index is -0.493. The summed E-state index contributed by atoms with van der Waals surface area (Å²) in [6, 6.07) is 5.62. The Morgan fingerprint density at radius 3 is 2.58 bits per heavy atom. The smallest absolute Gasteiger partial charge is 0.269 e. The van der Waals surface area contributed by atoms with E-state index >= 15 is 0 Å². The molecule has 0 spiro atoms. The fraction of sp³-hybridized carbons (Fsp3) is 0.435. The number of anilines is 1. The molecule has 33 heavy (non-hydrogen) atoms. The van der Waals surface area contributed by atoms with Gasteiger partial charge in [0.1, 0.15) is 17.2 Å². The van der Waals surface area contributed by atoms with Gasteiger partial charge in [-0.1, -0.05) is 13.8 Å². The number of carbonyl (C=O) groups is 1. The van der Waals surface area contributed by atoms with Crippen molar-refractivity contribution in [3.05, 3.63) is 61.0 Å². The molecule has 0 unspecified atom stereocenters. The van der Waals surface area contributed by atoms with Crippen molar-refractivity contribution in [3.63, 3.8) is 0 Å². The normalized spacial score (nSPS) is 13.3. The highest BCUT2D eigenvalue weighted by molar-refractivity contribution is 7.18. The topological polar surface area (TPSA) is 110 Å². The van der Waals surface area contributed by atoms with E-state index in [1.165, 1.54) is 33.7 Å². The number of hydrogen-bond donors (Lipinski definition) is 1. The summed E-state index contributed by atoms with van der Waals surface area (Å²) in [5, 5.41) is 14.2. The van der Waals surface area contributed by atoms with Gasteiger partial charge in [0.15, 0.2) is 0 Å². The van der Waals surface area contributed by atoms with Crippen molar-refractivity contribution in [2.75, 3.05) is 18.4 Å². The summed E-state index contributed by atoms with van der Waals surface area (Å²) in [7, 11) is 0. The molecule has 1 N–H and O–H groups in total. The third kappa shape index (κ3) is 4.81. The SMILES string of the molecule is CCN(CC)Cc1nc2sc3c(c2c(=O)n1CC(=O)Nc1ccc([N+](=O)[O-])cc1)CCCC3. The van der Waals surface area contributed by atoms with E-state index in [1.807, 2.05) is 0 Å². The van der Waals surface area contributed by atoms with Crippen molar-refractivity contribution in [2.24, 2.45) is 0 Å². The van der Waals surface area contributed by atoms with Crippen molar-refractivity contribution in [3.8, 4) is 0 Å². The molecule has 0 saturated heterocycles. The highest BCUT2D eigenvalue weighted by atomic mass is 32.1. The van der Waals surface area contributed by atoms with Crippen LogP contribution in [0, 0.1) is 10.1 Å². The van der Waals surface area contributed by atoms with Crippen LogP contribution in [0.5, 0.6) is 0 Å². The summed E-state index contributed by atoms with van der Waals surface area (Å²) in [4.78, 5) is 45.8. The Kier molecular flexibility index (Phi) is 6.85. The van der Waals surface area contributed by atoms with E-state index in [0.717, 1.165) is 49.2 Å². The second kappa shape index (κ2) is 9.80. The first-order chi connectivity index (χ1) is 15.9. The van der Waals surface area contributed by atoms with Crippen LogP contribution in [0.25, 0.3) is 10.2 Å². The van der Waals surface area contributed by atoms with Crippen LogP contribution >= 0.6 is 11.3 Å². The van der Waals surface area contributed by atoms with Gasteiger partial charge in [-0.25, -0.2) is 4.98 Å². The zero-order valence-electron chi connectivity index (χ0n) is 18.8. The predicted molar refractivity (Wildman–Crippen MR) is 129 cm³/mol. The van der Waals surface area contributed by atoms with Gasteiger partial charge < -0.3 is 5.32 Å². The molecule has 1 aromatic carbocycles. The van der Waals surface area contributed by atoms with Crippen LogP contribution in [-0.4, -0.2) is 38.4 Å². The van der Waals surface area contributed by atoms with E-state index < -0.39 is 4.92 Å². The standard InChI is InChI=1S/C23H27N5O4S/c1-3-26(4-2)13-19-25-22-21(17-7-5-6-8-18(17)33-22)23(30)27(19)14-20(29)24-15-9-11-16(12-10-15)28(31)32/h9-12H,3-8,13-14H2,1-2H3,(H,24,29). The van der Waals surface area contributed by atoms with E-state index in [9.17, 15) is 19.7 Å². The molecule has 0 bridgehead atoms. The van der Waals surface area contributed by atoms with Crippen molar-refractivity contribution < 1.29 is 9.72 Å². The van der Waals surface area contributed by atoms with Crippen molar-refractivity contribution >= 4 is 38.8 Å². The summed E-state index contributed by atoms with van der Waals surface area (Å²) in [5.74, 6) is 0.200. The van der Waals surface area contributed by atoms with E-state index in [2.05, 4.69) is 24.1 Å². The predicted octanol–water partition coefficient (Wildman–Crippen LogP) is 3.73. The van der Waals surface area contributed by atoms with Crippen molar-refractivity contribution in [1.29, 1.82) is 0 Å². The molecule has 3 aromatic rings. The summed E-state index contributed by atoms with van der Waals surface area (Å²) in [5.41, 5.74) is 1.31. The van der Waals surface area contributed by atoms with Crippen LogP contribution in [0.1, 0.15) is 43.0 Å². The molecule has 0 saturated carbocycles. The minimum Gasteiger partial charge on any atom is -0.325 e. The Bertz CT molecular complexity index is 1240. The molecular formula is C23H27N5O4S. The first-order valence-electron chi connectivity index (χ1n) is 11.2. The maximum atomic E-state index is 13.6. The van der Waals surface area contributed by atoms with Gasteiger partial charge in [-0.05, 0) is 56.5 Å². The lowest BCUT2D eigenvalue weighted by atomic mass is 9.97. The Morgan fingerprint density at radius 2 is 1.91 bits per heavy atom. The first kappa shape index (κ1) is 23.1. The van der Waals surface area contributed by atoms with Crippen LogP contribution in [0.4, 0.5) is 11.4 Å². The number of hydrogen-bond acceptors (Lipinski definition) is 7. The number of nitrogens with zero attached hydrogens (tertiary/aromatic N) is 4. The van der Waals surface area contributed by atoms with Gasteiger partial charge in [0.05, 0.1) is 16.9 Å². The van der Waals surface area contributed by atoms with Crippen molar-refractivity contribution in [2.45, 2.75) is 52.6 Å². The molecule has 1 aliphatic carbocycles. The summed E-state index contributed by atoms with van der Waals surface area (Å²) >= 11 is 1.61. The van der Waals surface area contributed by atoms with Gasteiger partial charge in [-0.15, -0.1) is 11.3 Å². The average Bonchev–Trinajstić information content (AvgIpc) is 3.18. The molecule has 4 rings (SSSR count). The Labute approximate surface area is 195 Å². The number of fused-ring (bicyclic) bond motifs is 3. The second-order valence-corrected chi connectivity index (χ2v) is 9.21. The van der Waals surface area contributed by atoms with Gasteiger partial charge in [-0.2, -0.15) is 0 Å². The number of rotatable bonds is 8. The molecule has 2 heterocycles. The van der Waals surface area contributed by atoms with Crippen LogP contribution in [0.15, 0.2) is 29.1 Å². The fourth-order valence-corrected chi connectivity index (χ4v) is 5.49. The van der Waals surface area contributed by atoms with Crippen LogP contribution < -0.4 is 10.9 Å². The van der Waals surface area contributed by atoms with Gasteiger partial charge in [0.25, 0.3) is 11.2 Å². The van der Waals surface area contributed by atoms with E-state index in [-0.39, 0.29) is 23.7 Å². The molecule has 1 amide bonds. The number of aromatic nitrogens is 2. The lowest BCUT2D eigenvalue weighted by Crippen LogP contribution is -2.34. The largest absolute Gasteiger partial charge is 0.325 e. The average molecular weight is 470 g/mol. The molecule has 0 aliphatic heterocycles. The minimum absolute atomic E-state index is 0.0531. The molecule has 174 valence electrons. The summed E-state index contributed by atoms with van der Waals surface area (Å²) in [6.45, 7) is 6.03. The quantitative estimate of drug-likeness (QED) is 0.398. The van der Waals surface area contributed by atoms with Gasteiger partial charge >= 0.3 is 0 Å². The molecular weight excluding hydrogens is 442 g/mol. The molecule has 0 fully saturated rings. The lowest BCUT2D eigenvalue weighted by Gasteiger charge is -2.20. The zero-order chi connectivity index (χ0) is 23.5. The monoisotopic (exact) mass is 469 g/mol. The lowest BCUT2D eigenvalue weighted by molar-refractivity contribution is -0.384. The van der Waals surface area contributed by atoms with Crippen LogP contribution in [0.2, 0.25) is 0 Å². The van der Waals surface area contributed by atoms with Crippen molar-refractivity contribution in [1.82, 2.24) is 14.5 Å². The highest BCUT2D eigenvalue weighted by Crippen LogP contribution is 2.33. The van der Waals surface area contributed by atoms with E-state index in [1.54, 1.807) is 11.3 Å². The second-order valence-electron chi connectivity index (χ2n) is 8.12. The molecule has 1 aliphatic rings. The summed E-state index contributed by atoms with van der Waals surface area (Å²) in [6.07, 6.45) is 4.02. The van der Waals surface area contributed by atoms with Gasteiger partial charge in [-0.3, -0.25) is 29.2 Å². The number of nitro benzene ring substituents is 1. The zero-order valence-corrected chi connectivity index (χ0v) is 19.6. The number of thiophene rings is 1. The number of carbonyl (C=O) groups excluding carboxylic acids is 1. The number of non-ortho nitro benzene ring substituents is 1. The molecule has 2 aromatic heterocycles. The molecule has 9 nitrogen and oxygen atoms in total. The third-order valence-corrected chi connectivity index (χ3v) is 7.26. The molecule has 10 heteroatoms. The molecule has 0 atom stereocenters. The summed E-state index contributed by atoms with van der Waals surface area (Å²) < 4.78 is 1.49. The van der Waals surface area contributed by atoms with E-state index in [4.69, 9.17) is 4.98 Å². The Balaban J connectivity index is 1.69. The number of aryl methyl sites for hydroxylation is 2. The van der Waals surface area contributed by atoms with Crippen LogP contribution in [0.3, 0.4) is 0 Å². The number of amides is 1. The number of benzene rings is 1. The molecule has 0 radical (unpaired) electrons. The Hall–Kier alpha value is -3.11. The third-order valence-electron chi connectivity index (χ3n) is 6.08. The fourth-order valence-electron chi connectivity index (χ4n) is 4.22. The van der Waals surface area contributed by atoms with Gasteiger partial charge in [0.2, 0.25) is 5.91 Å². The highest BCUT2D eigenvalue weighted by Gasteiger charge is 2.23. The van der Waals surface area contributed by atoms with Gasteiger partial charge in [0, 0.05) is 22.7 Å². The number of nitrogens with one attached hydrogen (secondary N) is 1. The van der Waals surface area contributed by atoms with E-state index in [0.29, 0.717) is 23.4 Å². The van der Waals surface area contributed by atoms with Crippen LogP contribution in [-0.2, 0) is 30.7 Å². The Morgan fingerprint density at radius 1 is 1.21 bits per heavy atom. The first-order valence-corrected chi connectivity index (χ1v) is 12.0.